The fourth-order valence-corrected chi connectivity index (χ4v) is 3.14. The van der Waals surface area contributed by atoms with Crippen LogP contribution >= 0.6 is 31.9 Å². The van der Waals surface area contributed by atoms with Gasteiger partial charge in [0.25, 0.3) is 5.91 Å². The summed E-state index contributed by atoms with van der Waals surface area (Å²) in [7, 11) is 0. The molecule has 20 heavy (non-hydrogen) atoms. The van der Waals surface area contributed by atoms with Gasteiger partial charge in [-0.25, -0.2) is 0 Å². The number of amides is 1. The van der Waals surface area contributed by atoms with Gasteiger partial charge < -0.3 is 15.8 Å². The van der Waals surface area contributed by atoms with Crippen LogP contribution < -0.4 is 15.8 Å². The molecule has 0 heterocycles. The molecule has 1 aromatic rings. The standard InChI is InChI=1S/C14H20Br2N2O2/c1-8(2)18-14(19)9(3)20-13-11(15)6-10(4-5-17)7-12(13)16/h6-9H,4-5,17H2,1-3H3,(H,18,19). The van der Waals surface area contributed by atoms with Crippen LogP contribution in [-0.4, -0.2) is 24.6 Å². The first-order valence-electron chi connectivity index (χ1n) is 6.50. The molecule has 1 atom stereocenters. The monoisotopic (exact) mass is 406 g/mol. The molecule has 0 aliphatic rings. The van der Waals surface area contributed by atoms with Crippen molar-refractivity contribution in [3.63, 3.8) is 0 Å². The zero-order valence-electron chi connectivity index (χ0n) is 11.9. The molecule has 1 rings (SSSR count). The Kier molecular flexibility index (Phi) is 6.99. The molecule has 0 aliphatic heterocycles. The minimum absolute atomic E-state index is 0.0901. The van der Waals surface area contributed by atoms with Crippen molar-refractivity contribution in [3.8, 4) is 5.75 Å². The average Bonchev–Trinajstić information content (AvgIpc) is 2.33. The van der Waals surface area contributed by atoms with Crippen LogP contribution in [0.5, 0.6) is 5.75 Å². The summed E-state index contributed by atoms with van der Waals surface area (Å²) in [4.78, 5) is 11.9. The topological polar surface area (TPSA) is 64.3 Å². The van der Waals surface area contributed by atoms with E-state index in [-0.39, 0.29) is 11.9 Å². The summed E-state index contributed by atoms with van der Waals surface area (Å²) in [6.45, 7) is 6.15. The molecule has 0 saturated carbocycles. The summed E-state index contributed by atoms with van der Waals surface area (Å²) in [5.74, 6) is 0.488. The number of hydrogen-bond donors (Lipinski definition) is 2. The summed E-state index contributed by atoms with van der Waals surface area (Å²) in [6, 6.07) is 4.01. The molecule has 3 N–H and O–H groups in total. The van der Waals surface area contributed by atoms with Gasteiger partial charge >= 0.3 is 0 Å². The normalized spacial score (nSPS) is 12.3. The second-order valence-electron chi connectivity index (χ2n) is 4.85. The van der Waals surface area contributed by atoms with Crippen molar-refractivity contribution < 1.29 is 9.53 Å². The Hall–Kier alpha value is -0.590. The number of nitrogens with one attached hydrogen (secondary N) is 1. The third-order valence-corrected chi connectivity index (χ3v) is 3.76. The average molecular weight is 408 g/mol. The van der Waals surface area contributed by atoms with E-state index in [9.17, 15) is 4.79 Å². The number of halogens is 2. The molecule has 0 spiro atoms. The third kappa shape index (κ3) is 5.07. The van der Waals surface area contributed by atoms with E-state index in [1.54, 1.807) is 6.92 Å². The van der Waals surface area contributed by atoms with E-state index in [4.69, 9.17) is 10.5 Å². The lowest BCUT2D eigenvalue weighted by Gasteiger charge is -2.18. The predicted octanol–water partition coefficient (Wildman–Crippen LogP) is 3.00. The minimum Gasteiger partial charge on any atom is -0.479 e. The maximum Gasteiger partial charge on any atom is 0.260 e. The SMILES string of the molecule is CC(C)NC(=O)C(C)Oc1c(Br)cc(CCN)cc1Br. The van der Waals surface area contributed by atoms with Crippen LogP contribution in [0, 0.1) is 0 Å². The number of ether oxygens (including phenoxy) is 1. The van der Waals surface area contributed by atoms with E-state index in [1.807, 2.05) is 26.0 Å². The van der Waals surface area contributed by atoms with E-state index in [0.717, 1.165) is 20.9 Å². The lowest BCUT2D eigenvalue weighted by molar-refractivity contribution is -0.127. The molecule has 0 aromatic heterocycles. The molecule has 0 saturated heterocycles. The Morgan fingerprint density at radius 1 is 1.30 bits per heavy atom. The van der Waals surface area contributed by atoms with Crippen LogP contribution in [0.4, 0.5) is 0 Å². The number of carbonyl (C=O) groups excluding carboxylic acids is 1. The highest BCUT2D eigenvalue weighted by Crippen LogP contribution is 2.35. The van der Waals surface area contributed by atoms with Crippen molar-refractivity contribution in [2.45, 2.75) is 39.3 Å². The van der Waals surface area contributed by atoms with Crippen molar-refractivity contribution in [1.29, 1.82) is 0 Å². The van der Waals surface area contributed by atoms with Gasteiger partial charge in [-0.2, -0.15) is 0 Å². The first kappa shape index (κ1) is 17.5. The molecule has 4 nitrogen and oxygen atoms in total. The summed E-state index contributed by atoms with van der Waals surface area (Å²) < 4.78 is 7.34. The quantitative estimate of drug-likeness (QED) is 0.761. The second kappa shape index (κ2) is 8.00. The van der Waals surface area contributed by atoms with Gasteiger partial charge in [0.15, 0.2) is 6.10 Å². The van der Waals surface area contributed by atoms with Gasteiger partial charge in [0.05, 0.1) is 8.95 Å². The molecule has 0 radical (unpaired) electrons. The highest BCUT2D eigenvalue weighted by Gasteiger charge is 2.18. The molecule has 6 heteroatoms. The lowest BCUT2D eigenvalue weighted by atomic mass is 10.1. The van der Waals surface area contributed by atoms with Crippen LogP contribution in [0.3, 0.4) is 0 Å². The highest BCUT2D eigenvalue weighted by atomic mass is 79.9. The second-order valence-corrected chi connectivity index (χ2v) is 6.56. The molecular weight excluding hydrogens is 388 g/mol. The summed E-state index contributed by atoms with van der Waals surface area (Å²) in [5.41, 5.74) is 6.66. The molecule has 1 amide bonds. The van der Waals surface area contributed by atoms with Crippen LogP contribution in [0.25, 0.3) is 0 Å². The van der Waals surface area contributed by atoms with Crippen molar-refractivity contribution in [3.05, 3.63) is 26.6 Å². The number of hydrogen-bond acceptors (Lipinski definition) is 3. The Balaban J connectivity index is 2.84. The maximum atomic E-state index is 11.9. The van der Waals surface area contributed by atoms with E-state index in [1.165, 1.54) is 0 Å². The number of nitrogens with two attached hydrogens (primary N) is 1. The van der Waals surface area contributed by atoms with Gasteiger partial charge in [-0.3, -0.25) is 4.79 Å². The van der Waals surface area contributed by atoms with E-state index < -0.39 is 6.10 Å². The first-order chi connectivity index (χ1) is 9.35. The zero-order valence-corrected chi connectivity index (χ0v) is 15.0. The van der Waals surface area contributed by atoms with Gasteiger partial charge in [0, 0.05) is 6.04 Å². The number of carbonyl (C=O) groups is 1. The lowest BCUT2D eigenvalue weighted by Crippen LogP contribution is -2.40. The fourth-order valence-electron chi connectivity index (χ4n) is 1.67. The zero-order chi connectivity index (χ0) is 15.3. The molecule has 0 bridgehead atoms. The summed E-state index contributed by atoms with van der Waals surface area (Å²) >= 11 is 6.94. The van der Waals surface area contributed by atoms with Crippen molar-refractivity contribution in [2.24, 2.45) is 5.73 Å². The van der Waals surface area contributed by atoms with Crippen LogP contribution in [0.1, 0.15) is 26.3 Å². The van der Waals surface area contributed by atoms with Gasteiger partial charge in [0.1, 0.15) is 5.75 Å². The van der Waals surface area contributed by atoms with Gasteiger partial charge in [-0.15, -0.1) is 0 Å². The third-order valence-electron chi connectivity index (χ3n) is 2.59. The highest BCUT2D eigenvalue weighted by molar-refractivity contribution is 9.11. The van der Waals surface area contributed by atoms with Crippen molar-refractivity contribution >= 4 is 37.8 Å². The summed E-state index contributed by atoms with van der Waals surface area (Å²) in [5, 5.41) is 2.82. The Bertz CT molecular complexity index is 455. The molecule has 1 unspecified atom stereocenters. The minimum atomic E-state index is -0.564. The fraction of sp³-hybridized carbons (Fsp3) is 0.500. The van der Waals surface area contributed by atoms with E-state index in [0.29, 0.717) is 12.3 Å². The summed E-state index contributed by atoms with van der Waals surface area (Å²) in [6.07, 6.45) is 0.228. The van der Waals surface area contributed by atoms with Crippen LogP contribution in [0.15, 0.2) is 21.1 Å². The van der Waals surface area contributed by atoms with Gasteiger partial charge in [0.2, 0.25) is 0 Å². The van der Waals surface area contributed by atoms with Crippen LogP contribution in [0.2, 0.25) is 0 Å². The smallest absolute Gasteiger partial charge is 0.260 e. The van der Waals surface area contributed by atoms with Crippen molar-refractivity contribution in [2.75, 3.05) is 6.54 Å². The largest absolute Gasteiger partial charge is 0.479 e. The predicted molar refractivity (Wildman–Crippen MR) is 88.0 cm³/mol. The van der Waals surface area contributed by atoms with Gasteiger partial charge in [-0.05, 0) is 83.3 Å². The molecule has 112 valence electrons. The van der Waals surface area contributed by atoms with E-state index >= 15 is 0 Å². The van der Waals surface area contributed by atoms with Gasteiger partial charge in [-0.1, -0.05) is 0 Å². The Labute approximate surface area is 136 Å². The molecule has 0 aliphatic carbocycles. The number of benzene rings is 1. The maximum absolute atomic E-state index is 11.9. The molecular formula is C14H20Br2N2O2. The number of rotatable bonds is 6. The Morgan fingerprint density at radius 2 is 1.85 bits per heavy atom. The van der Waals surface area contributed by atoms with E-state index in [2.05, 4.69) is 37.2 Å². The van der Waals surface area contributed by atoms with Crippen LogP contribution in [-0.2, 0) is 11.2 Å². The first-order valence-corrected chi connectivity index (χ1v) is 8.08. The Morgan fingerprint density at radius 3 is 2.30 bits per heavy atom. The van der Waals surface area contributed by atoms with Crippen molar-refractivity contribution in [1.82, 2.24) is 5.32 Å². The molecule has 0 fully saturated rings. The molecule has 1 aromatic carbocycles.